The van der Waals surface area contributed by atoms with Crippen molar-refractivity contribution in [2.24, 2.45) is 0 Å². The van der Waals surface area contributed by atoms with Gasteiger partial charge in [0.2, 0.25) is 0 Å². The topological polar surface area (TPSA) is 39.1 Å². The van der Waals surface area contributed by atoms with Crippen LogP contribution < -0.4 is 10.2 Å². The number of hydrogen-bond donors (Lipinski definition) is 1. The highest BCUT2D eigenvalue weighted by Crippen LogP contribution is 2.25. The molecule has 0 aliphatic heterocycles. The standard InChI is InChI=1S/C17H24FN3/c1-3-21(16-8-5-4-7-15(16)18)12-6-11-17(2,13-19)20-14-9-10-14/h4-5,7-8,14,20H,3,6,9-12H2,1-2H3. The fourth-order valence-corrected chi connectivity index (χ4v) is 2.62. The SMILES string of the molecule is CCN(CCCC(C)(C#N)NC1CC1)c1ccccc1F. The first-order chi connectivity index (χ1) is 10.1. The second-order valence-corrected chi connectivity index (χ2v) is 6.00. The lowest BCUT2D eigenvalue weighted by Gasteiger charge is -2.27. The number of benzene rings is 1. The minimum Gasteiger partial charge on any atom is -0.369 e. The number of rotatable bonds is 8. The molecule has 1 aromatic carbocycles. The van der Waals surface area contributed by atoms with Crippen LogP contribution >= 0.6 is 0 Å². The van der Waals surface area contributed by atoms with Gasteiger partial charge in [0, 0.05) is 19.1 Å². The second-order valence-electron chi connectivity index (χ2n) is 6.00. The third-order valence-corrected chi connectivity index (χ3v) is 4.03. The van der Waals surface area contributed by atoms with Gasteiger partial charge in [-0.25, -0.2) is 4.39 Å². The summed E-state index contributed by atoms with van der Waals surface area (Å²) in [6.45, 7) is 5.52. The van der Waals surface area contributed by atoms with E-state index >= 15 is 0 Å². The van der Waals surface area contributed by atoms with Crippen LogP contribution in [0.15, 0.2) is 24.3 Å². The third kappa shape index (κ3) is 4.44. The predicted molar refractivity (Wildman–Crippen MR) is 83.7 cm³/mol. The highest BCUT2D eigenvalue weighted by Gasteiger charge is 2.32. The average Bonchev–Trinajstić information content (AvgIpc) is 3.28. The van der Waals surface area contributed by atoms with Gasteiger partial charge in [-0.2, -0.15) is 5.26 Å². The van der Waals surface area contributed by atoms with Gasteiger partial charge >= 0.3 is 0 Å². The Morgan fingerprint density at radius 3 is 2.71 bits per heavy atom. The average molecular weight is 289 g/mol. The number of para-hydroxylation sites is 1. The number of nitriles is 1. The lowest BCUT2D eigenvalue weighted by Crippen LogP contribution is -2.43. The summed E-state index contributed by atoms with van der Waals surface area (Å²) in [6.07, 6.45) is 4.00. The molecule has 1 saturated carbocycles. The van der Waals surface area contributed by atoms with Crippen LogP contribution in [0.5, 0.6) is 0 Å². The third-order valence-electron chi connectivity index (χ3n) is 4.03. The van der Waals surface area contributed by atoms with E-state index in [1.165, 1.54) is 18.9 Å². The molecule has 0 radical (unpaired) electrons. The molecule has 1 aliphatic rings. The Bertz CT molecular complexity index is 507. The van der Waals surface area contributed by atoms with Crippen LogP contribution in [0.2, 0.25) is 0 Å². The van der Waals surface area contributed by atoms with Crippen molar-refractivity contribution >= 4 is 5.69 Å². The molecule has 1 unspecified atom stereocenters. The van der Waals surface area contributed by atoms with E-state index in [2.05, 4.69) is 11.4 Å². The Morgan fingerprint density at radius 1 is 1.43 bits per heavy atom. The van der Waals surface area contributed by atoms with Crippen molar-refractivity contribution in [2.45, 2.75) is 51.1 Å². The summed E-state index contributed by atoms with van der Waals surface area (Å²) in [4.78, 5) is 2.03. The molecule has 1 aromatic rings. The Hall–Kier alpha value is -1.60. The lowest BCUT2D eigenvalue weighted by atomic mass is 9.97. The van der Waals surface area contributed by atoms with Gasteiger partial charge in [-0.3, -0.25) is 5.32 Å². The molecule has 1 atom stereocenters. The summed E-state index contributed by atoms with van der Waals surface area (Å²) in [5.41, 5.74) is 0.185. The van der Waals surface area contributed by atoms with Crippen molar-refractivity contribution in [1.82, 2.24) is 5.32 Å². The summed E-state index contributed by atoms with van der Waals surface area (Å²) < 4.78 is 13.8. The van der Waals surface area contributed by atoms with Gasteiger partial charge in [0.15, 0.2) is 0 Å². The number of nitrogens with one attached hydrogen (secondary N) is 1. The maximum Gasteiger partial charge on any atom is 0.146 e. The highest BCUT2D eigenvalue weighted by atomic mass is 19.1. The number of anilines is 1. The summed E-state index contributed by atoms with van der Waals surface area (Å²) >= 11 is 0. The molecule has 1 N–H and O–H groups in total. The lowest BCUT2D eigenvalue weighted by molar-refractivity contribution is 0.403. The van der Waals surface area contributed by atoms with Gasteiger partial charge < -0.3 is 4.90 Å². The van der Waals surface area contributed by atoms with Crippen LogP contribution in [0.3, 0.4) is 0 Å². The van der Waals surface area contributed by atoms with Gasteiger partial charge in [0.1, 0.15) is 11.4 Å². The number of halogens is 1. The molecule has 0 bridgehead atoms. The monoisotopic (exact) mass is 289 g/mol. The van der Waals surface area contributed by atoms with Crippen LogP contribution in [0, 0.1) is 17.1 Å². The Morgan fingerprint density at radius 2 is 2.14 bits per heavy atom. The molecule has 0 saturated heterocycles. The predicted octanol–water partition coefficient (Wildman–Crippen LogP) is 3.47. The number of hydrogen-bond acceptors (Lipinski definition) is 3. The molecule has 1 aliphatic carbocycles. The normalized spacial score (nSPS) is 17.0. The first-order valence-corrected chi connectivity index (χ1v) is 7.76. The minimum atomic E-state index is -0.462. The zero-order chi connectivity index (χ0) is 15.3. The van der Waals surface area contributed by atoms with Crippen molar-refractivity contribution in [3.8, 4) is 6.07 Å². The van der Waals surface area contributed by atoms with E-state index in [0.29, 0.717) is 11.7 Å². The van der Waals surface area contributed by atoms with Crippen molar-refractivity contribution in [1.29, 1.82) is 5.26 Å². The molecular formula is C17H24FN3. The van der Waals surface area contributed by atoms with E-state index in [1.807, 2.05) is 30.9 Å². The molecule has 0 spiro atoms. The fraction of sp³-hybridized carbons (Fsp3) is 0.588. The maximum atomic E-state index is 13.8. The van der Waals surface area contributed by atoms with Gasteiger partial charge in [-0.1, -0.05) is 12.1 Å². The second kappa shape index (κ2) is 6.91. The van der Waals surface area contributed by atoms with Gasteiger partial charge in [-0.15, -0.1) is 0 Å². The Kier molecular flexibility index (Phi) is 5.19. The molecule has 2 rings (SSSR count). The Balaban J connectivity index is 1.88. The van der Waals surface area contributed by atoms with Crippen LogP contribution in [-0.4, -0.2) is 24.7 Å². The van der Waals surface area contributed by atoms with Crippen LogP contribution in [0.1, 0.15) is 39.5 Å². The molecule has 0 heterocycles. The van der Waals surface area contributed by atoms with Gasteiger partial charge in [0.25, 0.3) is 0 Å². The quantitative estimate of drug-likeness (QED) is 0.796. The fourth-order valence-electron chi connectivity index (χ4n) is 2.62. The Labute approximate surface area is 126 Å². The van der Waals surface area contributed by atoms with E-state index in [9.17, 15) is 9.65 Å². The molecule has 3 nitrogen and oxygen atoms in total. The van der Waals surface area contributed by atoms with Crippen molar-refractivity contribution in [3.63, 3.8) is 0 Å². The molecule has 0 amide bonds. The summed E-state index contributed by atoms with van der Waals surface area (Å²) in [5, 5.41) is 12.8. The van der Waals surface area contributed by atoms with Crippen LogP contribution in [0.4, 0.5) is 10.1 Å². The summed E-state index contributed by atoms with van der Waals surface area (Å²) in [7, 11) is 0. The van der Waals surface area contributed by atoms with E-state index in [4.69, 9.17) is 0 Å². The summed E-state index contributed by atoms with van der Waals surface area (Å²) in [6, 6.07) is 9.77. The molecule has 4 heteroatoms. The van der Waals surface area contributed by atoms with Gasteiger partial charge in [-0.05, 0) is 51.7 Å². The minimum absolute atomic E-state index is 0.182. The van der Waals surface area contributed by atoms with Crippen LogP contribution in [-0.2, 0) is 0 Å². The first-order valence-electron chi connectivity index (χ1n) is 7.76. The zero-order valence-corrected chi connectivity index (χ0v) is 12.9. The van der Waals surface area contributed by atoms with Gasteiger partial charge in [0.05, 0.1) is 11.8 Å². The van der Waals surface area contributed by atoms with Crippen molar-refractivity contribution < 1.29 is 4.39 Å². The molecule has 21 heavy (non-hydrogen) atoms. The maximum absolute atomic E-state index is 13.8. The molecule has 1 fully saturated rings. The van der Waals surface area contributed by atoms with Crippen LogP contribution in [0.25, 0.3) is 0 Å². The molecule has 0 aromatic heterocycles. The van der Waals surface area contributed by atoms with E-state index in [1.54, 1.807) is 6.07 Å². The van der Waals surface area contributed by atoms with E-state index < -0.39 is 5.54 Å². The smallest absolute Gasteiger partial charge is 0.146 e. The van der Waals surface area contributed by atoms with Crippen molar-refractivity contribution in [2.75, 3.05) is 18.0 Å². The summed E-state index contributed by atoms with van der Waals surface area (Å²) in [5.74, 6) is -0.182. The van der Waals surface area contributed by atoms with E-state index in [-0.39, 0.29) is 5.82 Å². The molecular weight excluding hydrogens is 265 g/mol. The zero-order valence-electron chi connectivity index (χ0n) is 12.9. The van der Waals surface area contributed by atoms with E-state index in [0.717, 1.165) is 25.9 Å². The number of nitrogens with zero attached hydrogens (tertiary/aromatic N) is 2. The first kappa shape index (κ1) is 15.8. The highest BCUT2D eigenvalue weighted by molar-refractivity contribution is 5.47. The van der Waals surface area contributed by atoms with Crippen molar-refractivity contribution in [3.05, 3.63) is 30.1 Å². The molecule has 114 valence electrons. The largest absolute Gasteiger partial charge is 0.369 e.